The molecule has 0 N–H and O–H groups in total. The van der Waals surface area contributed by atoms with E-state index in [9.17, 15) is 61.3 Å². The Hall–Kier alpha value is -2.23. The van der Waals surface area contributed by atoms with Gasteiger partial charge < -0.3 is 18.8 Å². The first-order valence-electron chi connectivity index (χ1n) is 17.8. The van der Waals surface area contributed by atoms with E-state index < -0.39 is 82.3 Å². The minimum Gasteiger partial charge on any atom is -0.748 e. The van der Waals surface area contributed by atoms with Crippen LogP contribution in [0.5, 0.6) is 0 Å². The van der Waals surface area contributed by atoms with Gasteiger partial charge in [0.1, 0.15) is 0 Å². The van der Waals surface area contributed by atoms with Gasteiger partial charge in [-0.15, -0.1) is 0 Å². The van der Waals surface area contributed by atoms with Gasteiger partial charge >= 0.3 is 35.8 Å². The number of thioether (sulfide) groups is 1. The Balaban J connectivity index is 1.94. The number of ether oxygens (including phenoxy) is 3. The van der Waals surface area contributed by atoms with Gasteiger partial charge in [-0.05, 0) is 80.3 Å². The van der Waals surface area contributed by atoms with Gasteiger partial charge in [-0.25, -0.2) is 8.42 Å². The fourth-order valence-corrected chi connectivity index (χ4v) is 9.59. The first-order chi connectivity index (χ1) is 26.2. The summed E-state index contributed by atoms with van der Waals surface area (Å²) >= 11 is 1.28. The van der Waals surface area contributed by atoms with Crippen molar-refractivity contribution < 1.29 is 84.3 Å². The smallest absolute Gasteiger partial charge is 0.460 e. The quantitative estimate of drug-likeness (QED) is 0.0377. The molecule has 6 nitrogen and oxygen atoms in total. The van der Waals surface area contributed by atoms with Crippen molar-refractivity contribution in [3.8, 4) is 0 Å². The van der Waals surface area contributed by atoms with Crippen LogP contribution in [0.25, 0.3) is 0 Å². The molecule has 2 aliphatic carbocycles. The summed E-state index contributed by atoms with van der Waals surface area (Å²) in [5.41, 5.74) is 0.915. The highest BCUT2D eigenvalue weighted by atomic mass is 32.2. The van der Waals surface area contributed by atoms with Crippen LogP contribution >= 0.6 is 11.8 Å². The molecule has 0 heterocycles. The fraction of sp³-hybridized carbons (Fsp3) is 0.722. The highest BCUT2D eigenvalue weighted by molar-refractivity contribution is 8.00. The lowest BCUT2D eigenvalue weighted by Crippen LogP contribution is -2.71. The van der Waals surface area contributed by atoms with Crippen LogP contribution in [0, 0.1) is 35.5 Å². The lowest BCUT2D eigenvalue weighted by molar-refractivity contribution is -0.443. The van der Waals surface area contributed by atoms with E-state index in [-0.39, 0.29) is 55.2 Å². The van der Waals surface area contributed by atoms with E-state index in [2.05, 4.69) is 0 Å². The molecule has 2 aliphatic rings. The average Bonchev–Trinajstić information content (AvgIpc) is 3.72. The van der Waals surface area contributed by atoms with Crippen molar-refractivity contribution in [3.05, 3.63) is 60.4 Å². The third-order valence-corrected chi connectivity index (χ3v) is 12.7. The number of benzene rings is 1. The number of rotatable bonds is 22. The van der Waals surface area contributed by atoms with E-state index in [1.807, 2.05) is 12.1 Å². The van der Waals surface area contributed by atoms with Gasteiger partial charge in [0.05, 0.1) is 42.8 Å². The highest BCUT2D eigenvalue weighted by Gasteiger charge is 2.91. The van der Waals surface area contributed by atoms with Crippen LogP contribution in [-0.2, 0) is 30.7 Å². The molecule has 328 valence electrons. The Labute approximate surface area is 326 Å². The van der Waals surface area contributed by atoms with E-state index in [1.54, 1.807) is 24.3 Å². The molecule has 7 unspecified atom stereocenters. The molecule has 0 bridgehead atoms. The van der Waals surface area contributed by atoms with Crippen LogP contribution in [-0.4, -0.2) is 99.1 Å². The monoisotopic (exact) mass is 883 g/mol. The Morgan fingerprint density at radius 2 is 1.44 bits per heavy atom. The lowest BCUT2D eigenvalue weighted by Gasteiger charge is -2.42. The van der Waals surface area contributed by atoms with Crippen molar-refractivity contribution in [1.29, 1.82) is 0 Å². The van der Waals surface area contributed by atoms with Gasteiger partial charge in [0.25, 0.3) is 0 Å². The zero-order valence-corrected chi connectivity index (χ0v) is 32.3. The van der Waals surface area contributed by atoms with Gasteiger partial charge in [-0.2, -0.15) is 68.8 Å². The highest BCUT2D eigenvalue weighted by Crippen LogP contribution is 2.63. The third kappa shape index (κ3) is 11.5. The Kier molecular flexibility index (Phi) is 16.8. The number of hydrogen-bond acceptors (Lipinski definition) is 7. The maximum Gasteiger partial charge on any atom is 0.460 e. The average molecular weight is 884 g/mol. The lowest BCUT2D eigenvalue weighted by atomic mass is 9.82. The number of hydrogen-bond donors (Lipinski definition) is 0. The van der Waals surface area contributed by atoms with Crippen LogP contribution in [0.4, 0.5) is 57.1 Å². The molecule has 57 heavy (non-hydrogen) atoms. The predicted molar refractivity (Wildman–Crippen MR) is 184 cm³/mol. The molecule has 0 spiro atoms. The maximum atomic E-state index is 15.6. The van der Waals surface area contributed by atoms with Crippen LogP contribution in [0.3, 0.4) is 0 Å². The van der Waals surface area contributed by atoms with Crippen molar-refractivity contribution in [2.24, 2.45) is 35.5 Å². The molecule has 0 saturated heterocycles. The summed E-state index contributed by atoms with van der Waals surface area (Å²) in [5.74, 6) is -44.6. The van der Waals surface area contributed by atoms with E-state index in [1.165, 1.54) is 31.9 Å². The van der Waals surface area contributed by atoms with Gasteiger partial charge in [0, 0.05) is 29.8 Å². The summed E-state index contributed by atoms with van der Waals surface area (Å²) in [4.78, 5) is 0. The SMILES string of the molecule is CCO/C=C\C1CC(/C=C/C2CC(C(Cc3ccccc3)SCCS(=O)(=O)[O-])CC2COCCOC)CC1C(F)(F)C(F)(F)C(F)(F)C(F)(F)C(F)(F)C(F)(F)F. The van der Waals surface area contributed by atoms with Crippen molar-refractivity contribution in [1.82, 2.24) is 0 Å². The van der Waals surface area contributed by atoms with Crippen molar-refractivity contribution >= 4 is 21.9 Å². The summed E-state index contributed by atoms with van der Waals surface area (Å²) in [7, 11) is -3.07. The minimum atomic E-state index is -7.99. The van der Waals surface area contributed by atoms with Gasteiger partial charge in [-0.3, -0.25) is 0 Å². The van der Waals surface area contributed by atoms with Crippen molar-refractivity contribution in [3.63, 3.8) is 0 Å². The van der Waals surface area contributed by atoms with E-state index in [0.717, 1.165) is 17.9 Å². The first-order valence-corrected chi connectivity index (χ1v) is 20.5. The molecule has 0 amide bonds. The zero-order valence-electron chi connectivity index (χ0n) is 30.7. The molecule has 7 atom stereocenters. The normalized spacial score (nSPS) is 25.2. The number of alkyl halides is 13. The van der Waals surface area contributed by atoms with Crippen LogP contribution in [0.1, 0.15) is 38.2 Å². The van der Waals surface area contributed by atoms with Gasteiger partial charge in [0.2, 0.25) is 0 Å². The molecule has 2 fully saturated rings. The summed E-state index contributed by atoms with van der Waals surface area (Å²) in [5, 5.41) is -0.219. The van der Waals surface area contributed by atoms with Crippen molar-refractivity contribution in [2.45, 2.75) is 80.1 Å². The van der Waals surface area contributed by atoms with E-state index >= 15 is 8.78 Å². The molecular formula is C36H44F13O6S2-. The topological polar surface area (TPSA) is 84.9 Å². The fourth-order valence-electron chi connectivity index (χ4n) is 7.28. The second-order valence-electron chi connectivity index (χ2n) is 14.2. The largest absolute Gasteiger partial charge is 0.748 e. The summed E-state index contributed by atoms with van der Waals surface area (Å²) in [6.07, 6.45) is -3.15. The molecule has 1 aromatic carbocycles. The molecule has 0 aliphatic heterocycles. The van der Waals surface area contributed by atoms with E-state index in [4.69, 9.17) is 14.2 Å². The van der Waals surface area contributed by atoms with Crippen LogP contribution < -0.4 is 0 Å². The summed E-state index contributed by atoms with van der Waals surface area (Å²) < 4.78 is 233. The maximum absolute atomic E-state index is 15.6. The number of methoxy groups -OCH3 is 1. The standard InChI is InChI=1S/C36H45F13O6S2/c1-3-54-12-11-26-17-24(18-29(26)31(37,38)32(39,40)33(41,42)34(43,44)35(45,46)36(47,48)49)9-10-25-20-27(21-28(25)22-55-14-13-53-2)30(56-15-16-57(50,51)52)19-23-7-5-4-6-8-23/h4-12,24-30H,3,13-22H2,1-2H3,(H,50,51,52)/p-1/b10-9+,12-11-. The zero-order chi connectivity index (χ0) is 43.1. The first kappa shape index (κ1) is 49.1. The second kappa shape index (κ2) is 19.4. The van der Waals surface area contributed by atoms with Crippen LogP contribution in [0.2, 0.25) is 0 Å². The molecule has 0 aromatic heterocycles. The predicted octanol–water partition coefficient (Wildman–Crippen LogP) is 9.67. The second-order valence-corrected chi connectivity index (χ2v) is 17.0. The van der Waals surface area contributed by atoms with Crippen molar-refractivity contribution in [2.75, 3.05) is 45.0 Å². The van der Waals surface area contributed by atoms with E-state index in [0.29, 0.717) is 19.3 Å². The Morgan fingerprint density at radius 1 is 0.807 bits per heavy atom. The molecular weight excluding hydrogens is 839 g/mol. The molecule has 21 heteroatoms. The molecule has 0 radical (unpaired) electrons. The summed E-state index contributed by atoms with van der Waals surface area (Å²) in [6.45, 7) is 1.96. The third-order valence-electron chi connectivity index (χ3n) is 10.3. The Bertz CT molecular complexity index is 1580. The Morgan fingerprint density at radius 3 is 2.02 bits per heavy atom. The molecule has 3 rings (SSSR count). The number of halogens is 13. The van der Waals surface area contributed by atoms with Gasteiger partial charge in [0.15, 0.2) is 0 Å². The summed E-state index contributed by atoms with van der Waals surface area (Å²) in [6, 6.07) is 9.14. The van der Waals surface area contributed by atoms with Gasteiger partial charge in [-0.1, -0.05) is 42.5 Å². The number of allylic oxidation sites excluding steroid dienone is 3. The minimum absolute atomic E-state index is 0.00682. The van der Waals surface area contributed by atoms with Crippen LogP contribution in [0.15, 0.2) is 54.8 Å². The molecule has 2 saturated carbocycles. The molecule has 1 aromatic rings.